The van der Waals surface area contributed by atoms with Crippen molar-refractivity contribution in [2.75, 3.05) is 18.8 Å². The van der Waals surface area contributed by atoms with Crippen LogP contribution in [0.15, 0.2) is 42.9 Å². The molecule has 4 N–H and O–H groups in total. The maximum absolute atomic E-state index is 14.1. The van der Waals surface area contributed by atoms with Crippen LogP contribution in [0.25, 0.3) is 33.2 Å². The van der Waals surface area contributed by atoms with Gasteiger partial charge in [-0.15, -0.1) is 0 Å². The van der Waals surface area contributed by atoms with Crippen molar-refractivity contribution in [3.8, 4) is 22.4 Å². The summed E-state index contributed by atoms with van der Waals surface area (Å²) < 4.78 is 14.1. The molecule has 5 rings (SSSR count). The molecule has 29 heavy (non-hydrogen) atoms. The van der Waals surface area contributed by atoms with Gasteiger partial charge >= 0.3 is 0 Å². The lowest BCUT2D eigenvalue weighted by Gasteiger charge is -2.12. The van der Waals surface area contributed by atoms with Crippen molar-refractivity contribution in [3.63, 3.8) is 0 Å². The second kappa shape index (κ2) is 7.09. The van der Waals surface area contributed by atoms with Crippen molar-refractivity contribution in [3.05, 3.63) is 59.4 Å². The largest absolute Gasteiger partial charge is 0.383 e. The molecule has 1 unspecified atom stereocenters. The highest BCUT2D eigenvalue weighted by Crippen LogP contribution is 2.35. The number of halogens is 2. The lowest BCUT2D eigenvalue weighted by molar-refractivity contribution is 0.639. The number of fused-ring (bicyclic) bond motifs is 1. The van der Waals surface area contributed by atoms with E-state index in [1.807, 2.05) is 12.3 Å². The van der Waals surface area contributed by atoms with E-state index < -0.39 is 0 Å². The number of benzene rings is 1. The summed E-state index contributed by atoms with van der Waals surface area (Å²) in [5.74, 6) is 0.367. The van der Waals surface area contributed by atoms with Crippen LogP contribution in [0.3, 0.4) is 0 Å². The Kier molecular flexibility index (Phi) is 4.41. The Morgan fingerprint density at radius 1 is 1.07 bits per heavy atom. The zero-order chi connectivity index (χ0) is 20.0. The summed E-state index contributed by atoms with van der Waals surface area (Å²) in [7, 11) is 0. The number of pyridine rings is 2. The number of nitrogens with two attached hydrogens (primary N) is 1. The Labute approximate surface area is 171 Å². The summed E-state index contributed by atoms with van der Waals surface area (Å²) in [4.78, 5) is 8.78. The maximum atomic E-state index is 14.1. The van der Waals surface area contributed by atoms with E-state index in [2.05, 4.69) is 25.5 Å². The second-order valence-electron chi connectivity index (χ2n) is 7.19. The third-order valence-electron chi connectivity index (χ3n) is 5.44. The molecule has 1 aliphatic rings. The Hall–Kier alpha value is -3.03. The molecule has 6 nitrogen and oxygen atoms in total. The number of aromatic amines is 1. The normalized spacial score (nSPS) is 16.6. The number of hydrogen-bond acceptors (Lipinski definition) is 5. The smallest absolute Gasteiger partial charge is 0.132 e. The molecule has 1 atom stereocenters. The first-order valence-electron chi connectivity index (χ1n) is 9.36. The molecule has 3 aromatic heterocycles. The molecule has 0 amide bonds. The summed E-state index contributed by atoms with van der Waals surface area (Å²) >= 11 is 6.27. The molecule has 0 aliphatic carbocycles. The number of nitrogens with zero attached hydrogens (tertiary/aromatic N) is 3. The van der Waals surface area contributed by atoms with Gasteiger partial charge in [0.25, 0.3) is 0 Å². The quantitative estimate of drug-likeness (QED) is 0.473. The number of aromatic nitrogens is 4. The first-order chi connectivity index (χ1) is 14.1. The highest BCUT2D eigenvalue weighted by atomic mass is 35.5. The number of rotatable bonds is 3. The van der Waals surface area contributed by atoms with Crippen LogP contribution in [-0.2, 0) is 0 Å². The van der Waals surface area contributed by atoms with E-state index in [1.165, 1.54) is 18.3 Å². The number of anilines is 1. The standard InChI is InChI=1S/C21H18ClFN6/c22-17-1-2-18(23)16-9-26-19(6-13(16)17)14-5-12(8-27-21(14)24)15-10-28-29-20(15)11-3-4-25-7-11/h1-2,5-6,8-11,25H,3-4,7H2,(H2,24,27)(H,28,29). The minimum atomic E-state index is -0.364. The zero-order valence-electron chi connectivity index (χ0n) is 15.4. The Bertz CT molecular complexity index is 1220. The summed E-state index contributed by atoms with van der Waals surface area (Å²) in [6.45, 7) is 1.91. The van der Waals surface area contributed by atoms with Gasteiger partial charge < -0.3 is 11.1 Å². The Morgan fingerprint density at radius 3 is 2.79 bits per heavy atom. The fourth-order valence-electron chi connectivity index (χ4n) is 3.88. The molecule has 8 heteroatoms. The highest BCUT2D eigenvalue weighted by molar-refractivity contribution is 6.35. The van der Waals surface area contributed by atoms with Gasteiger partial charge in [0.2, 0.25) is 0 Å². The van der Waals surface area contributed by atoms with Crippen LogP contribution < -0.4 is 11.1 Å². The molecule has 1 saturated heterocycles. The van der Waals surface area contributed by atoms with Crippen LogP contribution in [0.2, 0.25) is 5.02 Å². The van der Waals surface area contributed by atoms with Crippen molar-refractivity contribution in [1.82, 2.24) is 25.5 Å². The van der Waals surface area contributed by atoms with Crippen LogP contribution in [-0.4, -0.2) is 33.3 Å². The molecule has 1 aliphatic heterocycles. The van der Waals surface area contributed by atoms with E-state index in [9.17, 15) is 4.39 Å². The summed E-state index contributed by atoms with van der Waals surface area (Å²) in [6, 6.07) is 6.56. The number of nitrogen functional groups attached to an aromatic ring is 1. The third-order valence-corrected chi connectivity index (χ3v) is 5.77. The van der Waals surface area contributed by atoms with E-state index in [1.54, 1.807) is 12.3 Å². The average Bonchev–Trinajstić information content (AvgIpc) is 3.42. The lowest BCUT2D eigenvalue weighted by Crippen LogP contribution is -2.08. The van der Waals surface area contributed by atoms with E-state index in [4.69, 9.17) is 17.3 Å². The molecule has 146 valence electrons. The lowest BCUT2D eigenvalue weighted by atomic mass is 9.96. The minimum Gasteiger partial charge on any atom is -0.383 e. The summed E-state index contributed by atoms with van der Waals surface area (Å²) in [5, 5.41) is 12.2. The van der Waals surface area contributed by atoms with Crippen LogP contribution in [0.4, 0.5) is 10.2 Å². The van der Waals surface area contributed by atoms with Crippen molar-refractivity contribution in [1.29, 1.82) is 0 Å². The van der Waals surface area contributed by atoms with Crippen LogP contribution in [0, 0.1) is 5.82 Å². The second-order valence-corrected chi connectivity index (χ2v) is 7.60. The maximum Gasteiger partial charge on any atom is 0.132 e. The molecule has 0 bridgehead atoms. The van der Waals surface area contributed by atoms with Gasteiger partial charge in [-0.3, -0.25) is 10.1 Å². The first kappa shape index (κ1) is 18.0. The van der Waals surface area contributed by atoms with E-state index in [0.717, 1.165) is 36.3 Å². The summed E-state index contributed by atoms with van der Waals surface area (Å²) in [5.41, 5.74) is 10.4. The third kappa shape index (κ3) is 3.12. The minimum absolute atomic E-state index is 0.348. The van der Waals surface area contributed by atoms with Gasteiger partial charge in [-0.25, -0.2) is 9.37 Å². The van der Waals surface area contributed by atoms with Gasteiger partial charge in [0, 0.05) is 63.0 Å². The number of hydrogen-bond donors (Lipinski definition) is 3. The Morgan fingerprint density at radius 2 is 1.97 bits per heavy atom. The van der Waals surface area contributed by atoms with Crippen LogP contribution in [0.5, 0.6) is 0 Å². The van der Waals surface area contributed by atoms with Gasteiger partial charge in [0.15, 0.2) is 0 Å². The van der Waals surface area contributed by atoms with Crippen molar-refractivity contribution in [2.24, 2.45) is 0 Å². The van der Waals surface area contributed by atoms with E-state index in [0.29, 0.717) is 38.8 Å². The molecule has 0 radical (unpaired) electrons. The monoisotopic (exact) mass is 408 g/mol. The highest BCUT2D eigenvalue weighted by Gasteiger charge is 2.22. The van der Waals surface area contributed by atoms with Gasteiger partial charge in [-0.2, -0.15) is 5.10 Å². The molecular weight excluding hydrogens is 391 g/mol. The Balaban J connectivity index is 1.62. The predicted octanol–water partition coefficient (Wildman–Crippen LogP) is 4.14. The number of nitrogens with one attached hydrogen (secondary N) is 2. The van der Waals surface area contributed by atoms with Crippen LogP contribution >= 0.6 is 11.6 Å². The first-order valence-corrected chi connectivity index (χ1v) is 9.73. The molecule has 1 fully saturated rings. The molecule has 4 heterocycles. The predicted molar refractivity (Wildman–Crippen MR) is 112 cm³/mol. The van der Waals surface area contributed by atoms with Crippen LogP contribution in [0.1, 0.15) is 18.0 Å². The fourth-order valence-corrected chi connectivity index (χ4v) is 4.10. The van der Waals surface area contributed by atoms with E-state index >= 15 is 0 Å². The van der Waals surface area contributed by atoms with Gasteiger partial charge in [0.05, 0.1) is 11.9 Å². The van der Waals surface area contributed by atoms with E-state index in [-0.39, 0.29) is 5.82 Å². The molecule has 1 aromatic carbocycles. The molecule has 0 saturated carbocycles. The topological polar surface area (TPSA) is 92.5 Å². The van der Waals surface area contributed by atoms with Gasteiger partial charge in [0.1, 0.15) is 11.6 Å². The van der Waals surface area contributed by atoms with Crippen molar-refractivity contribution in [2.45, 2.75) is 12.3 Å². The fraction of sp³-hybridized carbons (Fsp3) is 0.190. The zero-order valence-corrected chi connectivity index (χ0v) is 16.2. The molecular formula is C21H18ClFN6. The van der Waals surface area contributed by atoms with Crippen molar-refractivity contribution < 1.29 is 4.39 Å². The number of H-pyrrole nitrogens is 1. The molecule has 4 aromatic rings. The summed E-state index contributed by atoms with van der Waals surface area (Å²) in [6.07, 6.45) is 6.08. The average molecular weight is 409 g/mol. The SMILES string of the molecule is Nc1ncc(-c2cn[nH]c2C2CCNC2)cc1-c1cc2c(Cl)ccc(F)c2cn1. The van der Waals surface area contributed by atoms with Gasteiger partial charge in [-0.05, 0) is 37.2 Å². The molecule has 0 spiro atoms. The van der Waals surface area contributed by atoms with Gasteiger partial charge in [-0.1, -0.05) is 11.6 Å². The van der Waals surface area contributed by atoms with Crippen molar-refractivity contribution >= 4 is 28.2 Å².